The number of rotatable bonds is 7. The molecule has 34 heavy (non-hydrogen) atoms. The van der Waals surface area contributed by atoms with Gasteiger partial charge in [-0.25, -0.2) is 10.4 Å². The Labute approximate surface area is 198 Å². The molecule has 0 aliphatic heterocycles. The van der Waals surface area contributed by atoms with Gasteiger partial charge in [-0.2, -0.15) is 18.3 Å². The first-order chi connectivity index (χ1) is 16.3. The van der Waals surface area contributed by atoms with E-state index in [1.807, 2.05) is 31.2 Å². The van der Waals surface area contributed by atoms with Crippen LogP contribution in [0.1, 0.15) is 22.3 Å². The average Bonchev–Trinajstić information content (AvgIpc) is 3.16. The molecule has 0 aliphatic rings. The molecule has 0 bridgehead atoms. The molecular formula is C25H21F3N4OS. The molecular weight excluding hydrogens is 461 g/mol. The molecule has 0 fully saturated rings. The van der Waals surface area contributed by atoms with Crippen molar-refractivity contribution in [2.45, 2.75) is 24.8 Å². The number of benzene rings is 3. The summed E-state index contributed by atoms with van der Waals surface area (Å²) in [4.78, 5) is 17.0. The molecule has 5 nitrogen and oxygen atoms in total. The molecule has 0 unspecified atom stereocenters. The van der Waals surface area contributed by atoms with E-state index in [4.69, 9.17) is 0 Å². The fourth-order valence-corrected chi connectivity index (χ4v) is 4.10. The normalized spacial score (nSPS) is 11.9. The molecule has 1 N–H and O–H groups in total. The van der Waals surface area contributed by atoms with Gasteiger partial charge in [-0.3, -0.25) is 4.79 Å². The van der Waals surface area contributed by atoms with E-state index in [2.05, 4.69) is 44.3 Å². The third kappa shape index (κ3) is 5.85. The van der Waals surface area contributed by atoms with E-state index in [1.54, 1.807) is 0 Å². The largest absolute Gasteiger partial charge is 0.416 e. The molecule has 1 amide bonds. The van der Waals surface area contributed by atoms with Crippen LogP contribution in [0.2, 0.25) is 0 Å². The van der Waals surface area contributed by atoms with Crippen molar-refractivity contribution in [1.82, 2.24) is 15.0 Å². The quantitative estimate of drug-likeness (QED) is 0.210. The standard InChI is InChI=1S/C25H21F3N4OS/c1-17-6-8-19(9-7-17)15-32-22-5-3-2-4-21(22)30-24(32)34-16-23(33)31-29-14-18-10-12-20(13-11-18)25(26,27)28/h2-14H,15-16H2,1H3,(H,31,33)/b29-14-. The first kappa shape index (κ1) is 23.6. The molecule has 0 spiro atoms. The number of imidazole rings is 1. The number of para-hydroxylation sites is 2. The lowest BCUT2D eigenvalue weighted by Crippen LogP contribution is -2.20. The topological polar surface area (TPSA) is 59.3 Å². The molecule has 3 aromatic carbocycles. The zero-order valence-electron chi connectivity index (χ0n) is 18.2. The number of halogens is 3. The van der Waals surface area contributed by atoms with Crippen LogP contribution in [0.25, 0.3) is 11.0 Å². The third-order valence-electron chi connectivity index (χ3n) is 5.05. The molecule has 1 aromatic heterocycles. The van der Waals surface area contributed by atoms with Gasteiger partial charge in [0.2, 0.25) is 0 Å². The number of hydrogen-bond acceptors (Lipinski definition) is 4. The SMILES string of the molecule is Cc1ccc(Cn2c(SCC(=O)N/N=C\c3ccc(C(F)(F)F)cc3)nc3ccccc32)cc1. The van der Waals surface area contributed by atoms with E-state index in [1.165, 1.54) is 35.7 Å². The van der Waals surface area contributed by atoms with Gasteiger partial charge in [0.1, 0.15) is 0 Å². The second-order valence-corrected chi connectivity index (χ2v) is 8.60. The van der Waals surface area contributed by atoms with E-state index < -0.39 is 11.7 Å². The first-order valence-electron chi connectivity index (χ1n) is 10.4. The van der Waals surface area contributed by atoms with Crippen LogP contribution in [0.4, 0.5) is 13.2 Å². The van der Waals surface area contributed by atoms with Crippen LogP contribution in [0.15, 0.2) is 83.1 Å². The maximum atomic E-state index is 12.6. The van der Waals surface area contributed by atoms with Crippen LogP contribution in [0.3, 0.4) is 0 Å². The molecule has 4 rings (SSSR count). The van der Waals surface area contributed by atoms with Crippen LogP contribution in [0.5, 0.6) is 0 Å². The Morgan fingerprint density at radius 1 is 1.06 bits per heavy atom. The minimum absolute atomic E-state index is 0.0849. The van der Waals surface area contributed by atoms with Gasteiger partial charge in [-0.15, -0.1) is 0 Å². The highest BCUT2D eigenvalue weighted by Gasteiger charge is 2.29. The first-order valence-corrected chi connectivity index (χ1v) is 11.4. The van der Waals surface area contributed by atoms with Gasteiger partial charge in [-0.1, -0.05) is 65.9 Å². The number of aromatic nitrogens is 2. The highest BCUT2D eigenvalue weighted by atomic mass is 32.2. The Morgan fingerprint density at radius 3 is 2.47 bits per heavy atom. The summed E-state index contributed by atoms with van der Waals surface area (Å²) in [5, 5.41) is 4.55. The molecule has 0 saturated heterocycles. The highest BCUT2D eigenvalue weighted by molar-refractivity contribution is 7.99. The Balaban J connectivity index is 1.40. The van der Waals surface area contributed by atoms with Crippen molar-refractivity contribution >= 4 is 34.9 Å². The number of alkyl halides is 3. The zero-order valence-corrected chi connectivity index (χ0v) is 19.0. The summed E-state index contributed by atoms with van der Waals surface area (Å²) in [6.07, 6.45) is -3.09. The number of amides is 1. The highest BCUT2D eigenvalue weighted by Crippen LogP contribution is 2.29. The summed E-state index contributed by atoms with van der Waals surface area (Å²) in [5.74, 6) is -0.260. The number of nitrogens with zero attached hydrogens (tertiary/aromatic N) is 3. The van der Waals surface area contributed by atoms with Gasteiger partial charge >= 0.3 is 6.18 Å². The Bertz CT molecular complexity index is 1310. The summed E-state index contributed by atoms with van der Waals surface area (Å²) in [5.41, 5.74) is 6.25. The molecule has 174 valence electrons. The maximum absolute atomic E-state index is 12.6. The van der Waals surface area contributed by atoms with Gasteiger partial charge in [-0.05, 0) is 42.3 Å². The lowest BCUT2D eigenvalue weighted by atomic mass is 10.1. The van der Waals surface area contributed by atoms with Crippen molar-refractivity contribution in [3.63, 3.8) is 0 Å². The zero-order chi connectivity index (χ0) is 24.1. The monoisotopic (exact) mass is 482 g/mol. The Kier molecular flexibility index (Phi) is 7.02. The summed E-state index contributed by atoms with van der Waals surface area (Å²) in [6, 6.07) is 20.6. The van der Waals surface area contributed by atoms with Crippen LogP contribution < -0.4 is 5.43 Å². The minimum atomic E-state index is -4.39. The molecule has 4 aromatic rings. The summed E-state index contributed by atoms with van der Waals surface area (Å²) in [7, 11) is 0. The number of carbonyl (C=O) groups excluding carboxylic acids is 1. The molecule has 0 aliphatic carbocycles. The van der Waals surface area contributed by atoms with Crippen LogP contribution in [0, 0.1) is 6.92 Å². The third-order valence-corrected chi connectivity index (χ3v) is 6.03. The van der Waals surface area contributed by atoms with Crippen molar-refractivity contribution in [3.8, 4) is 0 Å². The van der Waals surface area contributed by atoms with Crippen LogP contribution in [-0.4, -0.2) is 27.4 Å². The Hall–Kier alpha value is -3.59. The fourth-order valence-electron chi connectivity index (χ4n) is 3.29. The van der Waals surface area contributed by atoms with Crippen molar-refractivity contribution in [2.24, 2.45) is 5.10 Å². The van der Waals surface area contributed by atoms with Gasteiger partial charge in [0.05, 0.1) is 35.1 Å². The second kappa shape index (κ2) is 10.1. The van der Waals surface area contributed by atoms with Gasteiger partial charge in [0.25, 0.3) is 5.91 Å². The average molecular weight is 483 g/mol. The lowest BCUT2D eigenvalue weighted by Gasteiger charge is -2.09. The number of fused-ring (bicyclic) bond motifs is 1. The van der Waals surface area contributed by atoms with Gasteiger partial charge < -0.3 is 4.57 Å². The summed E-state index contributed by atoms with van der Waals surface area (Å²) in [6.45, 7) is 2.66. The molecule has 0 radical (unpaired) electrons. The number of nitrogens with one attached hydrogen (secondary N) is 1. The predicted octanol–water partition coefficient (Wildman–Crippen LogP) is 5.65. The van der Waals surface area contributed by atoms with E-state index in [0.717, 1.165) is 28.7 Å². The van der Waals surface area contributed by atoms with Crippen molar-refractivity contribution in [1.29, 1.82) is 0 Å². The van der Waals surface area contributed by atoms with E-state index in [0.29, 0.717) is 17.3 Å². The molecule has 0 atom stereocenters. The fraction of sp³-hybridized carbons (Fsp3) is 0.160. The summed E-state index contributed by atoms with van der Waals surface area (Å²) < 4.78 is 40.0. The predicted molar refractivity (Wildman–Crippen MR) is 128 cm³/mol. The molecule has 1 heterocycles. The van der Waals surface area contributed by atoms with Gasteiger partial charge in [0, 0.05) is 0 Å². The smallest absolute Gasteiger partial charge is 0.314 e. The second-order valence-electron chi connectivity index (χ2n) is 7.66. The minimum Gasteiger partial charge on any atom is -0.314 e. The Morgan fingerprint density at radius 2 is 1.76 bits per heavy atom. The van der Waals surface area contributed by atoms with Crippen molar-refractivity contribution in [3.05, 3.63) is 95.1 Å². The van der Waals surface area contributed by atoms with E-state index >= 15 is 0 Å². The molecule has 0 saturated carbocycles. The molecule has 9 heteroatoms. The van der Waals surface area contributed by atoms with Crippen LogP contribution in [-0.2, 0) is 17.5 Å². The van der Waals surface area contributed by atoms with Gasteiger partial charge in [0.15, 0.2) is 5.16 Å². The van der Waals surface area contributed by atoms with Crippen molar-refractivity contribution in [2.75, 3.05) is 5.75 Å². The number of hydrogen-bond donors (Lipinski definition) is 1. The number of carbonyl (C=O) groups is 1. The number of hydrazone groups is 1. The van der Waals surface area contributed by atoms with Crippen molar-refractivity contribution < 1.29 is 18.0 Å². The van der Waals surface area contributed by atoms with Crippen LogP contribution >= 0.6 is 11.8 Å². The lowest BCUT2D eigenvalue weighted by molar-refractivity contribution is -0.137. The van der Waals surface area contributed by atoms with E-state index in [-0.39, 0.29) is 11.7 Å². The maximum Gasteiger partial charge on any atom is 0.416 e. The number of thioether (sulfide) groups is 1. The van der Waals surface area contributed by atoms with E-state index in [9.17, 15) is 18.0 Å². The summed E-state index contributed by atoms with van der Waals surface area (Å²) >= 11 is 1.30. The number of aryl methyl sites for hydroxylation is 1.